The average molecular weight is 292 g/mol. The summed E-state index contributed by atoms with van der Waals surface area (Å²) in [4.78, 5) is 0. The summed E-state index contributed by atoms with van der Waals surface area (Å²) < 4.78 is 11.8. The summed E-state index contributed by atoms with van der Waals surface area (Å²) in [5.74, 6) is 1.81. The van der Waals surface area contributed by atoms with Gasteiger partial charge in [0.2, 0.25) is 0 Å². The minimum absolute atomic E-state index is 0.569. The van der Waals surface area contributed by atoms with Crippen molar-refractivity contribution in [3.63, 3.8) is 0 Å². The van der Waals surface area contributed by atoms with E-state index in [-0.39, 0.29) is 0 Å². The maximum absolute atomic E-state index is 6.01. The predicted molar refractivity (Wildman–Crippen MR) is 90.5 cm³/mol. The van der Waals surface area contributed by atoms with Crippen molar-refractivity contribution >= 4 is 10.8 Å². The molecule has 0 aromatic heterocycles. The van der Waals surface area contributed by atoms with Crippen molar-refractivity contribution in [2.45, 2.75) is 20.0 Å². The minimum Gasteiger partial charge on any atom is -0.493 e. The van der Waals surface area contributed by atoms with Crippen LogP contribution in [0.25, 0.3) is 10.8 Å². The molecule has 0 unspecified atom stereocenters. The Hall–Kier alpha value is -2.48. The fourth-order valence-corrected chi connectivity index (χ4v) is 2.44. The molecule has 0 amide bonds. The van der Waals surface area contributed by atoms with Crippen LogP contribution >= 0.6 is 0 Å². The molecule has 0 bridgehead atoms. The van der Waals surface area contributed by atoms with Crippen LogP contribution in [-0.4, -0.2) is 6.61 Å². The normalized spacial score (nSPS) is 10.6. The Labute approximate surface area is 131 Å². The molecular formula is C20H20O2. The molecule has 0 fully saturated rings. The van der Waals surface area contributed by atoms with E-state index in [1.165, 1.54) is 0 Å². The first kappa shape index (κ1) is 14.5. The lowest BCUT2D eigenvalue weighted by Crippen LogP contribution is -1.98. The monoisotopic (exact) mass is 292 g/mol. The summed E-state index contributed by atoms with van der Waals surface area (Å²) in [6, 6.07) is 22.4. The fourth-order valence-electron chi connectivity index (χ4n) is 2.44. The highest BCUT2D eigenvalue weighted by Crippen LogP contribution is 2.33. The highest BCUT2D eigenvalue weighted by atomic mass is 16.5. The molecule has 0 atom stereocenters. The molecule has 3 aromatic rings. The van der Waals surface area contributed by atoms with E-state index < -0.39 is 0 Å². The van der Waals surface area contributed by atoms with Gasteiger partial charge in [-0.1, -0.05) is 61.5 Å². The van der Waals surface area contributed by atoms with Crippen LogP contribution in [0.2, 0.25) is 0 Å². The summed E-state index contributed by atoms with van der Waals surface area (Å²) >= 11 is 0. The Morgan fingerprint density at radius 3 is 1.91 bits per heavy atom. The summed E-state index contributed by atoms with van der Waals surface area (Å²) in [6.45, 7) is 3.41. The lowest BCUT2D eigenvalue weighted by Gasteiger charge is -2.13. The predicted octanol–water partition coefficient (Wildman–Crippen LogP) is 5.21. The molecule has 3 aromatic carbocycles. The van der Waals surface area contributed by atoms with Crippen molar-refractivity contribution in [1.29, 1.82) is 0 Å². The molecule has 0 radical (unpaired) electrons. The van der Waals surface area contributed by atoms with E-state index >= 15 is 0 Å². The molecular weight excluding hydrogens is 272 g/mol. The van der Waals surface area contributed by atoms with Gasteiger partial charge in [-0.2, -0.15) is 0 Å². The molecule has 0 spiro atoms. The second-order valence-electron chi connectivity index (χ2n) is 5.23. The van der Waals surface area contributed by atoms with Crippen LogP contribution in [0.3, 0.4) is 0 Å². The van der Waals surface area contributed by atoms with Gasteiger partial charge in [0.1, 0.15) is 18.1 Å². The molecule has 2 nitrogen and oxygen atoms in total. The number of benzene rings is 3. The van der Waals surface area contributed by atoms with Gasteiger partial charge in [-0.05, 0) is 24.1 Å². The Balaban J connectivity index is 1.87. The zero-order valence-electron chi connectivity index (χ0n) is 12.8. The van der Waals surface area contributed by atoms with Crippen LogP contribution < -0.4 is 9.47 Å². The molecule has 0 saturated heterocycles. The van der Waals surface area contributed by atoms with Gasteiger partial charge < -0.3 is 9.47 Å². The second-order valence-corrected chi connectivity index (χ2v) is 5.23. The molecule has 2 heteroatoms. The van der Waals surface area contributed by atoms with E-state index in [2.05, 4.69) is 31.2 Å². The molecule has 0 aliphatic heterocycles. The van der Waals surface area contributed by atoms with Crippen molar-refractivity contribution in [1.82, 2.24) is 0 Å². The minimum atomic E-state index is 0.569. The van der Waals surface area contributed by atoms with Gasteiger partial charge in [0.15, 0.2) is 0 Å². The third kappa shape index (κ3) is 3.22. The number of ether oxygens (including phenoxy) is 2. The number of hydrogen-bond acceptors (Lipinski definition) is 2. The molecule has 0 aliphatic carbocycles. The van der Waals surface area contributed by atoms with E-state index in [1.54, 1.807) is 0 Å². The third-order valence-corrected chi connectivity index (χ3v) is 3.54. The number of hydrogen-bond donors (Lipinski definition) is 0. The van der Waals surface area contributed by atoms with Crippen molar-refractivity contribution in [3.8, 4) is 11.5 Å². The van der Waals surface area contributed by atoms with E-state index in [9.17, 15) is 0 Å². The summed E-state index contributed by atoms with van der Waals surface area (Å²) in [5, 5.41) is 2.19. The van der Waals surface area contributed by atoms with Gasteiger partial charge in [-0.3, -0.25) is 0 Å². The smallest absolute Gasteiger partial charge is 0.127 e. The summed E-state index contributed by atoms with van der Waals surface area (Å²) in [5.41, 5.74) is 1.16. The molecule has 112 valence electrons. The van der Waals surface area contributed by atoms with Crippen molar-refractivity contribution in [3.05, 3.63) is 72.3 Å². The quantitative estimate of drug-likeness (QED) is 0.621. The average Bonchev–Trinajstić information content (AvgIpc) is 2.59. The largest absolute Gasteiger partial charge is 0.493 e. The van der Waals surface area contributed by atoms with Crippen molar-refractivity contribution < 1.29 is 9.47 Å². The van der Waals surface area contributed by atoms with Gasteiger partial charge in [0, 0.05) is 10.8 Å². The summed E-state index contributed by atoms with van der Waals surface area (Å²) in [6.07, 6.45) is 1.00. The van der Waals surface area contributed by atoms with Crippen LogP contribution in [0.1, 0.15) is 18.9 Å². The first-order valence-corrected chi connectivity index (χ1v) is 7.69. The van der Waals surface area contributed by atoms with Gasteiger partial charge in [-0.15, -0.1) is 0 Å². The standard InChI is InChI=1S/C20H20O2/c1-2-14-21-19-12-13-20(18-11-7-6-10-17(18)19)22-15-16-8-4-3-5-9-16/h3-13H,2,14-15H2,1H3. The van der Waals surface area contributed by atoms with Crippen molar-refractivity contribution in [2.24, 2.45) is 0 Å². The number of fused-ring (bicyclic) bond motifs is 1. The van der Waals surface area contributed by atoms with Crippen molar-refractivity contribution in [2.75, 3.05) is 6.61 Å². The first-order chi connectivity index (χ1) is 10.9. The van der Waals surface area contributed by atoms with E-state index in [0.717, 1.165) is 40.9 Å². The second kappa shape index (κ2) is 6.99. The van der Waals surface area contributed by atoms with E-state index in [1.807, 2.05) is 42.5 Å². The Morgan fingerprint density at radius 2 is 1.27 bits per heavy atom. The lowest BCUT2D eigenvalue weighted by molar-refractivity contribution is 0.306. The lowest BCUT2D eigenvalue weighted by atomic mass is 10.1. The molecule has 0 saturated carbocycles. The van der Waals surface area contributed by atoms with Gasteiger partial charge >= 0.3 is 0 Å². The molecule has 0 aliphatic rings. The van der Waals surface area contributed by atoms with Crippen LogP contribution in [0.4, 0.5) is 0 Å². The molecule has 22 heavy (non-hydrogen) atoms. The SMILES string of the molecule is CCCOc1ccc(OCc2ccccc2)c2ccccc12. The zero-order chi connectivity index (χ0) is 15.2. The molecule has 0 heterocycles. The topological polar surface area (TPSA) is 18.5 Å². The van der Waals surface area contributed by atoms with E-state index in [4.69, 9.17) is 9.47 Å². The van der Waals surface area contributed by atoms with Crippen LogP contribution in [0, 0.1) is 0 Å². The van der Waals surface area contributed by atoms with Gasteiger partial charge in [-0.25, -0.2) is 0 Å². The highest BCUT2D eigenvalue weighted by molar-refractivity contribution is 5.93. The fraction of sp³-hybridized carbons (Fsp3) is 0.200. The third-order valence-electron chi connectivity index (χ3n) is 3.54. The van der Waals surface area contributed by atoms with Gasteiger partial charge in [0.25, 0.3) is 0 Å². The Kier molecular flexibility index (Phi) is 4.59. The highest BCUT2D eigenvalue weighted by Gasteiger charge is 2.07. The van der Waals surface area contributed by atoms with Crippen LogP contribution in [-0.2, 0) is 6.61 Å². The van der Waals surface area contributed by atoms with E-state index in [0.29, 0.717) is 6.61 Å². The van der Waals surface area contributed by atoms with Crippen LogP contribution in [0.5, 0.6) is 11.5 Å². The van der Waals surface area contributed by atoms with Gasteiger partial charge in [0.05, 0.1) is 6.61 Å². The maximum atomic E-state index is 6.01. The molecule has 3 rings (SSSR count). The maximum Gasteiger partial charge on any atom is 0.127 e. The summed E-state index contributed by atoms with van der Waals surface area (Å²) in [7, 11) is 0. The number of rotatable bonds is 6. The zero-order valence-corrected chi connectivity index (χ0v) is 12.8. The Bertz CT molecular complexity index is 735. The molecule has 0 N–H and O–H groups in total. The van der Waals surface area contributed by atoms with Crippen LogP contribution in [0.15, 0.2) is 66.7 Å². The Morgan fingerprint density at radius 1 is 0.682 bits per heavy atom. The first-order valence-electron chi connectivity index (χ1n) is 7.69.